The molecule has 1 aromatic rings. The van der Waals surface area contributed by atoms with Crippen LogP contribution < -0.4 is 0 Å². The number of hydrogen-bond donors (Lipinski definition) is 1. The lowest BCUT2D eigenvalue weighted by Gasteiger charge is -2.27. The molecule has 1 aromatic carbocycles. The highest BCUT2D eigenvalue weighted by Crippen LogP contribution is 2.34. The standard InChI is InChI=1S/C13H14F4O2/c14-10-7-8(4-5-9(10)13(15,16)17)12(18)11-3-1-2-6-19-11/h4-5,7,11-12,18H,1-3,6H2. The van der Waals surface area contributed by atoms with E-state index in [1.807, 2.05) is 0 Å². The number of ether oxygens (including phenoxy) is 1. The Labute approximate surface area is 108 Å². The Morgan fingerprint density at radius 3 is 2.53 bits per heavy atom. The van der Waals surface area contributed by atoms with Crippen LogP contribution in [0.25, 0.3) is 0 Å². The Morgan fingerprint density at radius 1 is 1.26 bits per heavy atom. The fourth-order valence-corrected chi connectivity index (χ4v) is 2.17. The molecule has 6 heteroatoms. The van der Waals surface area contributed by atoms with E-state index in [0.717, 1.165) is 25.0 Å². The van der Waals surface area contributed by atoms with Crippen molar-refractivity contribution in [3.8, 4) is 0 Å². The van der Waals surface area contributed by atoms with E-state index in [9.17, 15) is 22.7 Å². The first-order valence-corrected chi connectivity index (χ1v) is 6.06. The van der Waals surface area contributed by atoms with Gasteiger partial charge in [-0.1, -0.05) is 6.07 Å². The highest BCUT2D eigenvalue weighted by molar-refractivity contribution is 5.28. The molecule has 1 heterocycles. The second-order valence-corrected chi connectivity index (χ2v) is 4.59. The summed E-state index contributed by atoms with van der Waals surface area (Å²) in [5.41, 5.74) is -1.22. The van der Waals surface area contributed by atoms with Gasteiger partial charge in [0.25, 0.3) is 0 Å². The molecule has 1 saturated heterocycles. The molecule has 2 atom stereocenters. The van der Waals surface area contributed by atoms with E-state index >= 15 is 0 Å². The van der Waals surface area contributed by atoms with Gasteiger partial charge in [0.1, 0.15) is 11.9 Å². The summed E-state index contributed by atoms with van der Waals surface area (Å²) in [6.07, 6.45) is -3.92. The van der Waals surface area contributed by atoms with E-state index in [2.05, 4.69) is 0 Å². The molecule has 2 unspecified atom stereocenters. The first-order valence-electron chi connectivity index (χ1n) is 6.06. The van der Waals surface area contributed by atoms with E-state index in [1.165, 1.54) is 0 Å². The Hall–Kier alpha value is -1.14. The molecular formula is C13H14F4O2. The molecule has 2 nitrogen and oxygen atoms in total. The summed E-state index contributed by atoms with van der Waals surface area (Å²) in [5, 5.41) is 9.99. The highest BCUT2D eigenvalue weighted by atomic mass is 19.4. The molecule has 0 spiro atoms. The molecule has 0 radical (unpaired) electrons. The third kappa shape index (κ3) is 3.25. The smallest absolute Gasteiger partial charge is 0.386 e. The van der Waals surface area contributed by atoms with Gasteiger partial charge in [-0.25, -0.2) is 4.39 Å². The number of hydrogen-bond acceptors (Lipinski definition) is 2. The van der Waals surface area contributed by atoms with Crippen LogP contribution in [-0.4, -0.2) is 17.8 Å². The second-order valence-electron chi connectivity index (χ2n) is 4.59. The van der Waals surface area contributed by atoms with Gasteiger partial charge in [-0.3, -0.25) is 0 Å². The average Bonchev–Trinajstić information content (AvgIpc) is 2.37. The molecule has 0 amide bonds. The molecule has 19 heavy (non-hydrogen) atoms. The largest absolute Gasteiger partial charge is 0.419 e. The van der Waals surface area contributed by atoms with Gasteiger partial charge in [0.05, 0.1) is 11.7 Å². The third-order valence-electron chi connectivity index (χ3n) is 3.21. The van der Waals surface area contributed by atoms with Crippen LogP contribution in [0.15, 0.2) is 18.2 Å². The summed E-state index contributed by atoms with van der Waals surface area (Å²) in [7, 11) is 0. The molecule has 2 rings (SSSR count). The highest BCUT2D eigenvalue weighted by Gasteiger charge is 2.34. The normalized spacial score (nSPS) is 22.3. The quantitative estimate of drug-likeness (QED) is 0.840. The van der Waals surface area contributed by atoms with Crippen LogP contribution >= 0.6 is 0 Å². The van der Waals surface area contributed by atoms with E-state index < -0.39 is 29.8 Å². The van der Waals surface area contributed by atoms with Crippen molar-refractivity contribution in [2.45, 2.75) is 37.6 Å². The van der Waals surface area contributed by atoms with Crippen LogP contribution in [0.2, 0.25) is 0 Å². The summed E-state index contributed by atoms with van der Waals surface area (Å²) >= 11 is 0. The van der Waals surface area contributed by atoms with Gasteiger partial charge in [0.2, 0.25) is 0 Å². The van der Waals surface area contributed by atoms with Crippen LogP contribution in [-0.2, 0) is 10.9 Å². The topological polar surface area (TPSA) is 29.5 Å². The van der Waals surface area contributed by atoms with E-state index in [0.29, 0.717) is 19.1 Å². The molecule has 1 aliphatic rings. The average molecular weight is 278 g/mol. The maximum Gasteiger partial charge on any atom is 0.419 e. The van der Waals surface area contributed by atoms with Crippen molar-refractivity contribution in [2.24, 2.45) is 0 Å². The van der Waals surface area contributed by atoms with Crippen molar-refractivity contribution < 1.29 is 27.4 Å². The number of benzene rings is 1. The molecule has 106 valence electrons. The number of alkyl halides is 3. The summed E-state index contributed by atoms with van der Waals surface area (Å²) in [6, 6.07) is 2.47. The Bertz CT molecular complexity index is 439. The summed E-state index contributed by atoms with van der Waals surface area (Å²) in [6.45, 7) is 0.505. The number of halogens is 4. The van der Waals surface area contributed by atoms with Crippen molar-refractivity contribution in [1.29, 1.82) is 0 Å². The second kappa shape index (κ2) is 5.46. The third-order valence-corrected chi connectivity index (χ3v) is 3.21. The minimum absolute atomic E-state index is 0.109. The Morgan fingerprint density at radius 2 is 2.00 bits per heavy atom. The zero-order valence-corrected chi connectivity index (χ0v) is 10.1. The van der Waals surface area contributed by atoms with Crippen LogP contribution in [0.5, 0.6) is 0 Å². The Balaban J connectivity index is 2.19. The predicted octanol–water partition coefficient (Wildman–Crippen LogP) is 3.45. The first kappa shape index (κ1) is 14.3. The molecule has 1 fully saturated rings. The van der Waals surface area contributed by atoms with Gasteiger partial charge >= 0.3 is 6.18 Å². The minimum atomic E-state index is -4.73. The fraction of sp³-hybridized carbons (Fsp3) is 0.538. The first-order chi connectivity index (χ1) is 8.89. The number of aliphatic hydroxyl groups excluding tert-OH is 1. The zero-order chi connectivity index (χ0) is 14.0. The van der Waals surface area contributed by atoms with Crippen molar-refractivity contribution in [3.05, 3.63) is 35.1 Å². The molecule has 0 aliphatic carbocycles. The van der Waals surface area contributed by atoms with E-state index in [-0.39, 0.29) is 5.56 Å². The van der Waals surface area contributed by atoms with Crippen LogP contribution in [0.4, 0.5) is 17.6 Å². The van der Waals surface area contributed by atoms with Crippen molar-refractivity contribution >= 4 is 0 Å². The van der Waals surface area contributed by atoms with Crippen molar-refractivity contribution in [2.75, 3.05) is 6.61 Å². The summed E-state index contributed by atoms with van der Waals surface area (Å²) < 4.78 is 56.0. The van der Waals surface area contributed by atoms with Crippen molar-refractivity contribution in [3.63, 3.8) is 0 Å². The van der Waals surface area contributed by atoms with Crippen molar-refractivity contribution in [1.82, 2.24) is 0 Å². The zero-order valence-electron chi connectivity index (χ0n) is 10.1. The lowest BCUT2D eigenvalue weighted by Crippen LogP contribution is -2.26. The summed E-state index contributed by atoms with van der Waals surface area (Å²) in [5.74, 6) is -1.38. The number of rotatable bonds is 2. The summed E-state index contributed by atoms with van der Waals surface area (Å²) in [4.78, 5) is 0. The van der Waals surface area contributed by atoms with Crippen LogP contribution in [0.3, 0.4) is 0 Å². The van der Waals surface area contributed by atoms with Gasteiger partial charge in [0.15, 0.2) is 0 Å². The van der Waals surface area contributed by atoms with Gasteiger partial charge in [-0.15, -0.1) is 0 Å². The van der Waals surface area contributed by atoms with Crippen LogP contribution in [0, 0.1) is 5.82 Å². The molecular weight excluding hydrogens is 264 g/mol. The Kier molecular flexibility index (Phi) is 4.10. The van der Waals surface area contributed by atoms with Gasteiger partial charge < -0.3 is 9.84 Å². The SMILES string of the molecule is OC(c1ccc(C(F)(F)F)c(F)c1)C1CCCCO1. The molecule has 1 aliphatic heterocycles. The van der Waals surface area contributed by atoms with E-state index in [4.69, 9.17) is 4.74 Å². The van der Waals surface area contributed by atoms with Gasteiger partial charge in [0, 0.05) is 6.61 Å². The minimum Gasteiger partial charge on any atom is -0.386 e. The number of aliphatic hydroxyl groups is 1. The lowest BCUT2D eigenvalue weighted by atomic mass is 9.97. The predicted molar refractivity (Wildman–Crippen MR) is 60.0 cm³/mol. The lowest BCUT2D eigenvalue weighted by molar-refractivity contribution is -0.140. The molecule has 0 bridgehead atoms. The maximum absolute atomic E-state index is 13.4. The van der Waals surface area contributed by atoms with Crippen LogP contribution in [0.1, 0.15) is 36.5 Å². The molecule has 1 N–H and O–H groups in total. The van der Waals surface area contributed by atoms with Gasteiger partial charge in [-0.05, 0) is 37.0 Å². The van der Waals surface area contributed by atoms with E-state index in [1.54, 1.807) is 0 Å². The maximum atomic E-state index is 13.4. The monoisotopic (exact) mass is 278 g/mol. The fourth-order valence-electron chi connectivity index (χ4n) is 2.17. The van der Waals surface area contributed by atoms with Gasteiger partial charge in [-0.2, -0.15) is 13.2 Å². The molecule has 0 aromatic heterocycles. The molecule has 0 saturated carbocycles.